The average molecular weight is 384 g/mol. The van der Waals surface area contributed by atoms with Crippen LogP contribution in [0.4, 0.5) is 0 Å². The summed E-state index contributed by atoms with van der Waals surface area (Å²) in [5.41, 5.74) is 6.16. The van der Waals surface area contributed by atoms with Gasteiger partial charge in [-0.3, -0.25) is 9.79 Å². The minimum Gasteiger partial charge on any atom is -0.465 e. The summed E-state index contributed by atoms with van der Waals surface area (Å²) in [6, 6.07) is -0.0467. The number of aromatic nitrogens is 2. The van der Waals surface area contributed by atoms with Crippen LogP contribution in [-0.4, -0.2) is 48.0 Å². The average Bonchev–Trinajstić information content (AvgIpc) is 2.89. The third-order valence-corrected chi connectivity index (χ3v) is 5.32. The Balaban J connectivity index is 2.23. The first-order valence-electron chi connectivity index (χ1n) is 7.43. The first-order valence-corrected chi connectivity index (χ1v) is 9.23. The molecule has 0 unspecified atom stereocenters. The molecule has 0 saturated carbocycles. The fraction of sp³-hybridized carbons (Fsp3) is 0.467. The smallest absolute Gasteiger partial charge is 0.348 e. The largest absolute Gasteiger partial charge is 0.465 e. The van der Waals surface area contributed by atoms with Gasteiger partial charge in [-0.2, -0.15) is 0 Å². The van der Waals surface area contributed by atoms with Gasteiger partial charge in [0.15, 0.2) is 5.17 Å². The van der Waals surface area contributed by atoms with Crippen molar-refractivity contribution < 1.29 is 14.3 Å². The Bertz CT molecular complexity index is 859. The van der Waals surface area contributed by atoms with Gasteiger partial charge >= 0.3 is 5.97 Å². The Hall–Kier alpha value is -1.91. The second-order valence-corrected chi connectivity index (χ2v) is 7.30. The highest BCUT2D eigenvalue weighted by molar-refractivity contribution is 8.13. The number of nitrogens with zero attached hydrogens (tertiary/aromatic N) is 2. The predicted molar refractivity (Wildman–Crippen MR) is 101 cm³/mol. The standard InChI is InChI=1S/C15H20N4O4S2/c1-7(5-22-3)17-15(16)24-6-9-18-12(20)10-8(2)11(14(21)23-4)25-13(10)19-9/h7H,5-6H2,1-4H3,(H2,16,17)(H,18,19,20)/t7-/m0/s1. The number of thiophene rings is 1. The first kappa shape index (κ1) is 19.4. The van der Waals surface area contributed by atoms with Crippen LogP contribution in [0, 0.1) is 6.92 Å². The van der Waals surface area contributed by atoms with E-state index in [1.165, 1.54) is 18.9 Å². The maximum atomic E-state index is 12.3. The van der Waals surface area contributed by atoms with E-state index in [0.717, 1.165) is 11.3 Å². The molecule has 0 aliphatic carbocycles. The number of amidine groups is 1. The molecular weight excluding hydrogens is 364 g/mol. The van der Waals surface area contributed by atoms with Crippen molar-refractivity contribution in [2.24, 2.45) is 10.7 Å². The van der Waals surface area contributed by atoms with E-state index in [1.54, 1.807) is 14.0 Å². The molecule has 0 amide bonds. The molecule has 0 aliphatic heterocycles. The van der Waals surface area contributed by atoms with Gasteiger partial charge in [0.25, 0.3) is 5.56 Å². The van der Waals surface area contributed by atoms with E-state index in [4.69, 9.17) is 15.2 Å². The molecule has 0 radical (unpaired) electrons. The van der Waals surface area contributed by atoms with E-state index in [9.17, 15) is 9.59 Å². The molecule has 0 aromatic carbocycles. The van der Waals surface area contributed by atoms with Crippen molar-refractivity contribution in [3.63, 3.8) is 0 Å². The van der Waals surface area contributed by atoms with Crippen LogP contribution in [0.25, 0.3) is 10.2 Å². The quantitative estimate of drug-likeness (QED) is 0.441. The van der Waals surface area contributed by atoms with E-state index in [2.05, 4.69) is 15.0 Å². The Morgan fingerprint density at radius 3 is 2.84 bits per heavy atom. The summed E-state index contributed by atoms with van der Waals surface area (Å²) in [5, 5.41) is 0.805. The Labute approximate surface area is 152 Å². The molecule has 25 heavy (non-hydrogen) atoms. The van der Waals surface area contributed by atoms with E-state index in [1.807, 2.05) is 6.92 Å². The summed E-state index contributed by atoms with van der Waals surface area (Å²) in [4.78, 5) is 36.4. The number of aryl methyl sites for hydroxylation is 1. The fourth-order valence-electron chi connectivity index (χ4n) is 2.22. The number of thioether (sulfide) groups is 1. The summed E-state index contributed by atoms with van der Waals surface area (Å²) in [5.74, 6) is 0.363. The molecule has 0 spiro atoms. The number of nitrogens with one attached hydrogen (secondary N) is 1. The van der Waals surface area contributed by atoms with Crippen molar-refractivity contribution in [2.75, 3.05) is 20.8 Å². The lowest BCUT2D eigenvalue weighted by Gasteiger charge is -2.06. The van der Waals surface area contributed by atoms with E-state index in [-0.39, 0.29) is 11.6 Å². The maximum Gasteiger partial charge on any atom is 0.348 e. The lowest BCUT2D eigenvalue weighted by molar-refractivity contribution is 0.0605. The van der Waals surface area contributed by atoms with Gasteiger partial charge < -0.3 is 20.2 Å². The molecule has 0 aliphatic rings. The molecule has 10 heteroatoms. The van der Waals surface area contributed by atoms with Crippen LogP contribution in [0.2, 0.25) is 0 Å². The van der Waals surface area contributed by atoms with Crippen molar-refractivity contribution in [1.82, 2.24) is 9.97 Å². The molecule has 2 rings (SSSR count). The maximum absolute atomic E-state index is 12.3. The number of carbonyl (C=O) groups excluding carboxylic acids is 1. The summed E-state index contributed by atoms with van der Waals surface area (Å²) < 4.78 is 9.74. The van der Waals surface area contributed by atoms with Gasteiger partial charge in [0.2, 0.25) is 0 Å². The highest BCUT2D eigenvalue weighted by Crippen LogP contribution is 2.27. The van der Waals surface area contributed by atoms with Crippen molar-refractivity contribution >= 4 is 44.5 Å². The van der Waals surface area contributed by atoms with Gasteiger partial charge in [0, 0.05) is 7.11 Å². The third kappa shape index (κ3) is 4.59. The third-order valence-electron chi connectivity index (χ3n) is 3.33. The van der Waals surface area contributed by atoms with Crippen LogP contribution in [0.1, 0.15) is 28.0 Å². The molecule has 1 atom stereocenters. The summed E-state index contributed by atoms with van der Waals surface area (Å²) in [7, 11) is 2.91. The van der Waals surface area contributed by atoms with Gasteiger partial charge in [-0.25, -0.2) is 9.78 Å². The van der Waals surface area contributed by atoms with Gasteiger partial charge in [0.05, 0.1) is 30.9 Å². The monoisotopic (exact) mass is 384 g/mol. The van der Waals surface area contributed by atoms with E-state index < -0.39 is 5.97 Å². The van der Waals surface area contributed by atoms with E-state index in [0.29, 0.717) is 44.0 Å². The van der Waals surface area contributed by atoms with Crippen molar-refractivity contribution in [3.8, 4) is 0 Å². The molecule has 0 fully saturated rings. The minimum atomic E-state index is -0.473. The number of esters is 1. The second kappa shape index (κ2) is 8.45. The number of ether oxygens (including phenoxy) is 2. The molecule has 2 aromatic rings. The number of rotatable bonds is 6. The lowest BCUT2D eigenvalue weighted by Crippen LogP contribution is -2.16. The van der Waals surface area contributed by atoms with Crippen molar-refractivity contribution in [2.45, 2.75) is 25.6 Å². The number of hydrogen-bond donors (Lipinski definition) is 2. The van der Waals surface area contributed by atoms with Crippen LogP contribution < -0.4 is 11.3 Å². The fourth-order valence-corrected chi connectivity index (χ4v) is 4.01. The summed E-state index contributed by atoms with van der Waals surface area (Å²) in [6.07, 6.45) is 0. The normalized spacial score (nSPS) is 13.2. The minimum absolute atomic E-state index is 0.0467. The van der Waals surface area contributed by atoms with Crippen LogP contribution in [0.3, 0.4) is 0 Å². The van der Waals surface area contributed by atoms with Gasteiger partial charge in [0.1, 0.15) is 15.5 Å². The molecule has 3 N–H and O–H groups in total. The SMILES string of the molecule is COC[C@H](C)N=C(N)SCc1nc2sc(C(=O)OC)c(C)c2c(=O)[nH]1. The lowest BCUT2D eigenvalue weighted by atomic mass is 10.2. The number of aromatic amines is 1. The number of fused-ring (bicyclic) bond motifs is 1. The highest BCUT2D eigenvalue weighted by Gasteiger charge is 2.19. The Kier molecular flexibility index (Phi) is 6.57. The first-order chi connectivity index (χ1) is 11.9. The number of aliphatic imine (C=N–C) groups is 1. The van der Waals surface area contributed by atoms with Gasteiger partial charge in [-0.1, -0.05) is 11.8 Å². The molecule has 8 nitrogen and oxygen atoms in total. The van der Waals surface area contributed by atoms with Gasteiger partial charge in [-0.05, 0) is 19.4 Å². The zero-order chi connectivity index (χ0) is 18.6. The Morgan fingerprint density at radius 1 is 1.48 bits per heavy atom. The zero-order valence-corrected chi connectivity index (χ0v) is 16.0. The zero-order valence-electron chi connectivity index (χ0n) is 14.4. The van der Waals surface area contributed by atoms with Gasteiger partial charge in [-0.15, -0.1) is 11.3 Å². The summed E-state index contributed by atoms with van der Waals surface area (Å²) >= 11 is 2.42. The number of H-pyrrole nitrogens is 1. The van der Waals surface area contributed by atoms with Crippen LogP contribution in [-0.2, 0) is 15.2 Å². The molecule has 0 bridgehead atoms. The molecule has 0 saturated heterocycles. The van der Waals surface area contributed by atoms with Crippen LogP contribution >= 0.6 is 23.1 Å². The number of hydrogen-bond acceptors (Lipinski definition) is 8. The highest BCUT2D eigenvalue weighted by atomic mass is 32.2. The van der Waals surface area contributed by atoms with Crippen molar-refractivity contribution in [1.29, 1.82) is 0 Å². The molecular formula is C15H20N4O4S2. The number of carbonyl (C=O) groups is 1. The Morgan fingerprint density at radius 2 is 2.20 bits per heavy atom. The van der Waals surface area contributed by atoms with Crippen LogP contribution in [0.5, 0.6) is 0 Å². The summed E-state index contributed by atoms with van der Waals surface area (Å²) in [6.45, 7) is 4.08. The van der Waals surface area contributed by atoms with Crippen molar-refractivity contribution in [3.05, 3.63) is 26.6 Å². The molecule has 136 valence electrons. The predicted octanol–water partition coefficient (Wildman–Crippen LogP) is 1.66. The van der Waals surface area contributed by atoms with E-state index >= 15 is 0 Å². The molecule has 2 aromatic heterocycles. The number of nitrogens with two attached hydrogens (primary N) is 1. The number of methoxy groups -OCH3 is 2. The van der Waals surface area contributed by atoms with Crippen LogP contribution in [0.15, 0.2) is 9.79 Å². The molecule has 2 heterocycles. The topological polar surface area (TPSA) is 120 Å². The second-order valence-electron chi connectivity index (χ2n) is 5.30.